The lowest BCUT2D eigenvalue weighted by Gasteiger charge is -2.35. The zero-order chi connectivity index (χ0) is 23.8. The van der Waals surface area contributed by atoms with Crippen LogP contribution < -0.4 is 5.32 Å². The second kappa shape index (κ2) is 8.68. The topological polar surface area (TPSA) is 98.5 Å². The van der Waals surface area contributed by atoms with Crippen LogP contribution in [-0.4, -0.2) is 41.7 Å². The van der Waals surface area contributed by atoms with Gasteiger partial charge in [-0.15, -0.1) is 10.2 Å². The van der Waals surface area contributed by atoms with E-state index >= 15 is 0 Å². The molecule has 0 spiro atoms. The van der Waals surface area contributed by atoms with E-state index < -0.39 is 0 Å². The zero-order valence-electron chi connectivity index (χ0n) is 18.5. The molecule has 6 rings (SSSR count). The molecular formula is C26H20FN7O. The fraction of sp³-hybridized carbons (Fsp3) is 0.154. The lowest BCUT2D eigenvalue weighted by molar-refractivity contribution is 0.0908. The number of hydrogen-bond donors (Lipinski definition) is 1. The molecule has 3 aromatic heterocycles. The van der Waals surface area contributed by atoms with E-state index in [9.17, 15) is 9.18 Å². The number of amides is 1. The summed E-state index contributed by atoms with van der Waals surface area (Å²) in [5.41, 5.74) is 2.71. The summed E-state index contributed by atoms with van der Waals surface area (Å²) in [6.07, 6.45) is 6.18. The molecule has 1 aliphatic carbocycles. The molecule has 1 amide bonds. The summed E-state index contributed by atoms with van der Waals surface area (Å²) in [5.74, 6) is 0.582. The standard InChI is InChI=1S/C26H20FN7O/c27-19-7-1-2-10-22(19)34-24(32-33-25(34)21-8-3-4-11-28-21)16-14-17(15-16)31-26(35)18-6-5-9-20-23(18)30-13-12-29-20/h1-13,16-17H,14-15H2,(H,31,35)/t16-,17-. The predicted octanol–water partition coefficient (Wildman–Crippen LogP) is 4.09. The molecule has 0 aliphatic heterocycles. The highest BCUT2D eigenvalue weighted by Gasteiger charge is 2.36. The number of nitrogens with zero attached hydrogens (tertiary/aromatic N) is 6. The predicted molar refractivity (Wildman–Crippen MR) is 127 cm³/mol. The molecule has 1 aliphatic rings. The van der Waals surface area contributed by atoms with E-state index in [1.165, 1.54) is 6.07 Å². The maximum Gasteiger partial charge on any atom is 0.253 e. The summed E-state index contributed by atoms with van der Waals surface area (Å²) in [5, 5.41) is 11.9. The quantitative estimate of drug-likeness (QED) is 0.420. The van der Waals surface area contributed by atoms with Crippen molar-refractivity contribution in [3.63, 3.8) is 0 Å². The van der Waals surface area contributed by atoms with Crippen LogP contribution >= 0.6 is 0 Å². The third-order valence-corrected chi connectivity index (χ3v) is 6.26. The lowest BCUT2D eigenvalue weighted by Crippen LogP contribution is -2.44. The molecule has 0 unspecified atom stereocenters. The zero-order valence-corrected chi connectivity index (χ0v) is 18.5. The number of rotatable bonds is 5. The lowest BCUT2D eigenvalue weighted by atomic mass is 9.79. The van der Waals surface area contributed by atoms with E-state index in [2.05, 4.69) is 30.5 Å². The minimum absolute atomic E-state index is 0.0113. The van der Waals surface area contributed by atoms with Crippen LogP contribution in [0, 0.1) is 5.82 Å². The van der Waals surface area contributed by atoms with Gasteiger partial charge in [0.15, 0.2) is 5.82 Å². The average Bonchev–Trinajstić information content (AvgIpc) is 3.30. The van der Waals surface area contributed by atoms with Gasteiger partial charge in [0.05, 0.1) is 16.8 Å². The van der Waals surface area contributed by atoms with Gasteiger partial charge < -0.3 is 5.32 Å². The van der Waals surface area contributed by atoms with Gasteiger partial charge in [0.1, 0.15) is 22.9 Å². The van der Waals surface area contributed by atoms with Gasteiger partial charge in [0, 0.05) is 30.6 Å². The molecule has 0 radical (unpaired) electrons. The van der Waals surface area contributed by atoms with Crippen molar-refractivity contribution in [3.8, 4) is 17.2 Å². The molecule has 3 heterocycles. The highest BCUT2D eigenvalue weighted by molar-refractivity contribution is 6.04. The first kappa shape index (κ1) is 21.0. The molecule has 0 atom stereocenters. The van der Waals surface area contributed by atoms with Crippen LogP contribution in [0.5, 0.6) is 0 Å². The van der Waals surface area contributed by atoms with Crippen molar-refractivity contribution in [3.05, 3.63) is 96.5 Å². The second-order valence-electron chi connectivity index (χ2n) is 8.45. The Morgan fingerprint density at radius 2 is 1.71 bits per heavy atom. The molecule has 35 heavy (non-hydrogen) atoms. The summed E-state index contributed by atoms with van der Waals surface area (Å²) in [7, 11) is 0. The Balaban J connectivity index is 1.26. The first-order valence-electron chi connectivity index (χ1n) is 11.3. The van der Waals surface area contributed by atoms with Crippen LogP contribution in [-0.2, 0) is 0 Å². The van der Waals surface area contributed by atoms with Crippen LogP contribution in [0.25, 0.3) is 28.2 Å². The number of carbonyl (C=O) groups is 1. The van der Waals surface area contributed by atoms with Crippen molar-refractivity contribution in [2.24, 2.45) is 0 Å². The smallest absolute Gasteiger partial charge is 0.253 e. The third-order valence-electron chi connectivity index (χ3n) is 6.26. The summed E-state index contributed by atoms with van der Waals surface area (Å²) in [4.78, 5) is 25.9. The number of aromatic nitrogens is 6. The van der Waals surface area contributed by atoms with Crippen molar-refractivity contribution < 1.29 is 9.18 Å². The van der Waals surface area contributed by atoms with Gasteiger partial charge in [-0.2, -0.15) is 0 Å². The Morgan fingerprint density at radius 1 is 0.886 bits per heavy atom. The monoisotopic (exact) mass is 465 g/mol. The molecule has 5 aromatic rings. The van der Waals surface area contributed by atoms with Crippen LogP contribution in [0.1, 0.15) is 34.9 Å². The summed E-state index contributed by atoms with van der Waals surface area (Å²) in [6.45, 7) is 0. The molecule has 172 valence electrons. The molecule has 0 bridgehead atoms. The van der Waals surface area contributed by atoms with Gasteiger partial charge in [0.2, 0.25) is 0 Å². The summed E-state index contributed by atoms with van der Waals surface area (Å²) < 4.78 is 16.6. The highest BCUT2D eigenvalue weighted by atomic mass is 19.1. The van der Waals surface area contributed by atoms with Crippen molar-refractivity contribution >= 4 is 16.9 Å². The van der Waals surface area contributed by atoms with Gasteiger partial charge in [-0.05, 0) is 49.2 Å². The minimum Gasteiger partial charge on any atom is -0.349 e. The highest BCUT2D eigenvalue weighted by Crippen LogP contribution is 2.39. The summed E-state index contributed by atoms with van der Waals surface area (Å²) >= 11 is 0. The molecule has 0 saturated heterocycles. The van der Waals surface area contributed by atoms with E-state index in [0.717, 1.165) is 0 Å². The van der Waals surface area contributed by atoms with Crippen molar-refractivity contribution in [2.75, 3.05) is 0 Å². The van der Waals surface area contributed by atoms with Crippen molar-refractivity contribution in [1.82, 2.24) is 35.0 Å². The van der Waals surface area contributed by atoms with E-state index in [1.54, 1.807) is 53.5 Å². The van der Waals surface area contributed by atoms with Crippen LogP contribution in [0.2, 0.25) is 0 Å². The van der Waals surface area contributed by atoms with Gasteiger partial charge in [-0.25, -0.2) is 4.39 Å². The number of halogens is 1. The number of para-hydroxylation sites is 2. The number of fused-ring (bicyclic) bond motifs is 1. The maximum absolute atomic E-state index is 14.8. The van der Waals surface area contributed by atoms with Crippen molar-refractivity contribution in [2.45, 2.75) is 24.8 Å². The number of nitrogens with one attached hydrogen (secondary N) is 1. The Kier molecular flexibility index (Phi) is 5.21. The number of pyridine rings is 1. The Morgan fingerprint density at radius 3 is 2.54 bits per heavy atom. The average molecular weight is 465 g/mol. The van der Waals surface area contributed by atoms with E-state index in [-0.39, 0.29) is 23.7 Å². The van der Waals surface area contributed by atoms with Crippen LogP contribution in [0.4, 0.5) is 4.39 Å². The van der Waals surface area contributed by atoms with Gasteiger partial charge in [-0.1, -0.05) is 24.3 Å². The number of hydrogen-bond acceptors (Lipinski definition) is 6. The molecule has 9 heteroatoms. The maximum atomic E-state index is 14.8. The fourth-order valence-electron chi connectivity index (χ4n) is 4.48. The Labute approximate surface area is 199 Å². The van der Waals surface area contributed by atoms with Gasteiger partial charge in [-0.3, -0.25) is 24.3 Å². The molecule has 1 saturated carbocycles. The van der Waals surface area contributed by atoms with Crippen LogP contribution in [0.15, 0.2) is 79.3 Å². The Hall–Kier alpha value is -4.53. The number of benzene rings is 2. The van der Waals surface area contributed by atoms with E-state index in [0.29, 0.717) is 52.5 Å². The van der Waals surface area contributed by atoms with E-state index in [4.69, 9.17) is 0 Å². The molecule has 1 fully saturated rings. The SMILES string of the molecule is O=C(N[C@H]1C[C@H](c2nnc(-c3ccccn3)n2-c2ccccc2F)C1)c1cccc2nccnc12. The second-order valence-corrected chi connectivity index (χ2v) is 8.45. The van der Waals surface area contributed by atoms with Crippen LogP contribution in [0.3, 0.4) is 0 Å². The fourth-order valence-corrected chi connectivity index (χ4v) is 4.48. The molecule has 1 N–H and O–H groups in total. The first-order valence-corrected chi connectivity index (χ1v) is 11.3. The molecule has 8 nitrogen and oxygen atoms in total. The third kappa shape index (κ3) is 3.80. The van der Waals surface area contributed by atoms with Gasteiger partial charge >= 0.3 is 0 Å². The van der Waals surface area contributed by atoms with Crippen molar-refractivity contribution in [1.29, 1.82) is 0 Å². The van der Waals surface area contributed by atoms with E-state index in [1.807, 2.05) is 24.3 Å². The first-order chi connectivity index (χ1) is 17.2. The summed E-state index contributed by atoms with van der Waals surface area (Å²) in [6, 6.07) is 17.4. The number of carbonyl (C=O) groups excluding carboxylic acids is 1. The van der Waals surface area contributed by atoms with Gasteiger partial charge in [0.25, 0.3) is 5.91 Å². The Bertz CT molecular complexity index is 1520. The minimum atomic E-state index is -0.369. The molecule has 2 aromatic carbocycles. The normalized spacial score (nSPS) is 17.2. The largest absolute Gasteiger partial charge is 0.349 e. The molecular weight excluding hydrogens is 445 g/mol.